The van der Waals surface area contributed by atoms with E-state index in [1.807, 2.05) is 59.2 Å². The topological polar surface area (TPSA) is 115 Å². The molecule has 0 N–H and O–H groups in total. The van der Waals surface area contributed by atoms with Crippen molar-refractivity contribution in [2.45, 2.75) is 226 Å². The largest absolute Gasteiger partial charge is 0.275 e. The molecule has 0 saturated heterocycles. The number of hydrogen-bond donors (Lipinski definition) is 0. The van der Waals surface area contributed by atoms with Gasteiger partial charge in [-0.15, -0.1) is 10.2 Å². The Morgan fingerprint density at radius 3 is 1.26 bits per heavy atom. The molecule has 5 aromatic rings. The van der Waals surface area contributed by atoms with E-state index >= 15 is 0 Å². The Labute approximate surface area is 380 Å². The predicted octanol–water partition coefficient (Wildman–Crippen LogP) is 13.5. The molecule has 0 bridgehead atoms. The number of aromatic nitrogens is 12. The van der Waals surface area contributed by atoms with Crippen LogP contribution in [0.5, 0.6) is 0 Å². The molecule has 0 aliphatic rings. The van der Waals surface area contributed by atoms with Gasteiger partial charge in [-0.05, 0) is 97.6 Å². The summed E-state index contributed by atoms with van der Waals surface area (Å²) in [4.78, 5) is 0. The Bertz CT molecular complexity index is 1800. The minimum Gasteiger partial charge on any atom is -0.275 e. The van der Waals surface area contributed by atoms with Gasteiger partial charge in [0.15, 0.2) is 0 Å². The molecule has 0 aromatic carbocycles. The molecule has 0 atom stereocenters. The van der Waals surface area contributed by atoms with Gasteiger partial charge in [0, 0.05) is 51.3 Å². The third kappa shape index (κ3) is 16.2. The maximum atomic E-state index is 4.45. The van der Waals surface area contributed by atoms with Crippen LogP contribution in [-0.4, -0.2) is 59.3 Å². The molecular formula is C50H94N12. The van der Waals surface area contributed by atoms with E-state index in [1.165, 1.54) is 45.2 Å². The van der Waals surface area contributed by atoms with Crippen molar-refractivity contribution in [2.24, 2.45) is 21.1 Å². The van der Waals surface area contributed by atoms with E-state index in [1.54, 1.807) is 0 Å². The van der Waals surface area contributed by atoms with Gasteiger partial charge in [0.05, 0.1) is 40.9 Å². The van der Waals surface area contributed by atoms with Gasteiger partial charge in [-0.1, -0.05) is 142 Å². The maximum absolute atomic E-state index is 4.45. The van der Waals surface area contributed by atoms with Crippen molar-refractivity contribution in [2.75, 3.05) is 0 Å². The van der Waals surface area contributed by atoms with E-state index in [9.17, 15) is 0 Å². The molecule has 0 spiro atoms. The molecule has 0 amide bonds. The normalized spacial score (nSPS) is 11.4. The summed E-state index contributed by atoms with van der Waals surface area (Å²) >= 11 is 0. The van der Waals surface area contributed by atoms with Gasteiger partial charge in [-0.3, -0.25) is 18.7 Å². The Morgan fingerprint density at radius 2 is 0.919 bits per heavy atom. The Morgan fingerprint density at radius 1 is 0.468 bits per heavy atom. The van der Waals surface area contributed by atoms with Crippen molar-refractivity contribution in [1.29, 1.82) is 0 Å². The standard InChI is InChI=1S/C11H20N2.2C10H18N2.2C9H17N3.CH4/c1-6-13-11(9(4)5)10(7-12-13)8(2)3;1-7(2)9-6-12(5)11-10(9)8(3)4;1-7(2)9-6-11-12(5)10(9)8(3)4;1-6(2)8-9(7(3)4)12(5)11-10-8;1-6(2)9-8(5)10-11-12(9)7(3)4;/h7-9H,6H2,1-5H3;2*6-8H,1-5H3;2*6-7H,1-5H3;1H4. The van der Waals surface area contributed by atoms with Crippen molar-refractivity contribution in [3.8, 4) is 0 Å². The van der Waals surface area contributed by atoms with Crippen molar-refractivity contribution >= 4 is 0 Å². The zero-order chi connectivity index (χ0) is 47.2. The molecule has 12 nitrogen and oxygen atoms in total. The van der Waals surface area contributed by atoms with Crippen LogP contribution in [0.1, 0.15) is 269 Å². The van der Waals surface area contributed by atoms with Gasteiger partial charge < -0.3 is 0 Å². The molecule has 5 aromatic heterocycles. The van der Waals surface area contributed by atoms with Gasteiger partial charge >= 0.3 is 0 Å². The molecule has 0 fully saturated rings. The first-order valence-corrected chi connectivity index (χ1v) is 23.1. The van der Waals surface area contributed by atoms with Gasteiger partial charge in [0.25, 0.3) is 0 Å². The molecule has 0 saturated carbocycles. The molecule has 0 aliphatic heterocycles. The van der Waals surface area contributed by atoms with Gasteiger partial charge in [-0.2, -0.15) is 15.3 Å². The average Bonchev–Trinajstić information content (AvgIpc) is 3.98. The molecule has 354 valence electrons. The SMILES string of the molecule is C.CC(C)c1cn(C)nc1C(C)C.CC(C)c1cnn(C)c1C(C)C.CC(C)c1nnn(C)c1C(C)C.CCn1ncc(C(C)C)c1C(C)C.Cc1nnn(C(C)C)c1C(C)C. The lowest BCUT2D eigenvalue weighted by Crippen LogP contribution is -2.09. The Kier molecular flexibility index (Phi) is 24.8. The summed E-state index contributed by atoms with van der Waals surface area (Å²) in [5, 5.41) is 29.5. The smallest absolute Gasteiger partial charge is 0.0887 e. The van der Waals surface area contributed by atoms with Crippen molar-refractivity contribution in [1.82, 2.24) is 59.3 Å². The number of nitrogens with zero attached hydrogens (tertiary/aromatic N) is 12. The maximum Gasteiger partial charge on any atom is 0.0887 e. The number of hydrogen-bond acceptors (Lipinski definition) is 7. The predicted molar refractivity (Wildman–Crippen MR) is 264 cm³/mol. The monoisotopic (exact) mass is 863 g/mol. The lowest BCUT2D eigenvalue weighted by Gasteiger charge is -2.13. The van der Waals surface area contributed by atoms with Crippen molar-refractivity contribution in [3.05, 3.63) is 75.1 Å². The van der Waals surface area contributed by atoms with Gasteiger partial charge in [0.1, 0.15) is 0 Å². The molecule has 12 heteroatoms. The van der Waals surface area contributed by atoms with Gasteiger partial charge in [0.2, 0.25) is 0 Å². The third-order valence-corrected chi connectivity index (χ3v) is 10.6. The minimum absolute atomic E-state index is 0. The van der Waals surface area contributed by atoms with E-state index in [2.05, 4.69) is 192 Å². The number of aryl methyl sites for hydroxylation is 5. The summed E-state index contributed by atoms with van der Waals surface area (Å²) in [7, 11) is 5.95. The van der Waals surface area contributed by atoms with E-state index in [0.717, 1.165) is 17.9 Å². The first-order valence-electron chi connectivity index (χ1n) is 23.1. The molecule has 5 rings (SSSR count). The van der Waals surface area contributed by atoms with Crippen LogP contribution in [-0.2, 0) is 27.7 Å². The Balaban J connectivity index is 0.000000747. The molecular weight excluding hydrogens is 769 g/mol. The second kappa shape index (κ2) is 26.5. The summed E-state index contributed by atoms with van der Waals surface area (Å²) in [5.74, 6) is 4.88. The van der Waals surface area contributed by atoms with E-state index in [4.69, 9.17) is 0 Å². The van der Waals surface area contributed by atoms with Crippen LogP contribution in [0.25, 0.3) is 0 Å². The zero-order valence-electron chi connectivity index (χ0n) is 43.6. The van der Waals surface area contributed by atoms with Crippen LogP contribution in [0, 0.1) is 6.92 Å². The third-order valence-electron chi connectivity index (χ3n) is 10.6. The number of rotatable bonds is 11. The molecule has 0 radical (unpaired) electrons. The van der Waals surface area contributed by atoms with Crippen LogP contribution in [0.4, 0.5) is 0 Å². The average molecular weight is 863 g/mol. The highest BCUT2D eigenvalue weighted by Gasteiger charge is 2.18. The highest BCUT2D eigenvalue weighted by molar-refractivity contribution is 5.25. The van der Waals surface area contributed by atoms with Gasteiger partial charge in [-0.25, -0.2) is 4.68 Å². The summed E-state index contributed by atoms with van der Waals surface area (Å²) in [6, 6.07) is 0.406. The first-order chi connectivity index (χ1) is 28.2. The minimum atomic E-state index is 0. The lowest BCUT2D eigenvalue weighted by molar-refractivity contribution is 0.484. The Hall–Kier alpha value is -4.09. The van der Waals surface area contributed by atoms with Crippen LogP contribution in [0.2, 0.25) is 0 Å². The highest BCUT2D eigenvalue weighted by atomic mass is 15.4. The second-order valence-corrected chi connectivity index (χ2v) is 19.5. The highest BCUT2D eigenvalue weighted by Crippen LogP contribution is 2.27. The zero-order valence-corrected chi connectivity index (χ0v) is 43.6. The van der Waals surface area contributed by atoms with Crippen LogP contribution >= 0.6 is 0 Å². The lowest BCUT2D eigenvalue weighted by atomic mass is 9.98. The fourth-order valence-corrected chi connectivity index (χ4v) is 7.68. The van der Waals surface area contributed by atoms with E-state index in [0.29, 0.717) is 59.3 Å². The fraction of sp³-hybridized carbons (Fsp3) is 0.740. The van der Waals surface area contributed by atoms with E-state index in [-0.39, 0.29) is 7.43 Å². The van der Waals surface area contributed by atoms with Crippen LogP contribution in [0.15, 0.2) is 18.6 Å². The van der Waals surface area contributed by atoms with Crippen LogP contribution < -0.4 is 0 Å². The summed E-state index contributed by atoms with van der Waals surface area (Å²) in [6.07, 6.45) is 6.13. The summed E-state index contributed by atoms with van der Waals surface area (Å²) in [5.41, 5.74) is 12.9. The quantitative estimate of drug-likeness (QED) is 0.130. The fourth-order valence-electron chi connectivity index (χ4n) is 7.68. The first kappa shape index (κ1) is 57.9. The van der Waals surface area contributed by atoms with Crippen molar-refractivity contribution in [3.63, 3.8) is 0 Å². The second-order valence-electron chi connectivity index (χ2n) is 19.5. The summed E-state index contributed by atoms with van der Waals surface area (Å²) in [6.45, 7) is 48.9. The molecule has 5 heterocycles. The van der Waals surface area contributed by atoms with E-state index < -0.39 is 0 Å². The van der Waals surface area contributed by atoms with Crippen LogP contribution in [0.3, 0.4) is 0 Å². The molecule has 0 aliphatic carbocycles. The summed E-state index contributed by atoms with van der Waals surface area (Å²) < 4.78 is 9.88. The molecule has 0 unspecified atom stereocenters. The van der Waals surface area contributed by atoms with Crippen molar-refractivity contribution < 1.29 is 0 Å². The molecule has 62 heavy (non-hydrogen) atoms.